The highest BCUT2D eigenvalue weighted by atomic mass is 35.5. The van der Waals surface area contributed by atoms with Crippen molar-refractivity contribution < 1.29 is 14.4 Å². The van der Waals surface area contributed by atoms with E-state index in [1.54, 1.807) is 41.9 Å². The van der Waals surface area contributed by atoms with E-state index in [0.717, 1.165) is 16.0 Å². The molecule has 4 rings (SSSR count). The Morgan fingerprint density at radius 2 is 1.81 bits per heavy atom. The lowest BCUT2D eigenvalue weighted by molar-refractivity contribution is -0.120. The van der Waals surface area contributed by atoms with Crippen LogP contribution in [0, 0.1) is 13.8 Å². The molecule has 0 saturated carbocycles. The van der Waals surface area contributed by atoms with Gasteiger partial charge in [0.2, 0.25) is 0 Å². The zero-order valence-corrected chi connectivity index (χ0v) is 18.2. The molecule has 0 unspecified atom stereocenters. The second-order valence-corrected chi connectivity index (χ2v) is 8.19. The topological polar surface area (TPSA) is 91.4 Å². The van der Waals surface area contributed by atoms with Crippen molar-refractivity contribution >= 4 is 57.2 Å². The highest BCUT2D eigenvalue weighted by Gasteiger charge is 2.39. The highest BCUT2D eigenvalue weighted by Crippen LogP contribution is 2.32. The van der Waals surface area contributed by atoms with Crippen LogP contribution in [0.25, 0.3) is 0 Å². The predicted octanol–water partition coefficient (Wildman–Crippen LogP) is 4.45. The number of rotatable bonds is 5. The number of benzene rings is 2. The van der Waals surface area contributed by atoms with Crippen LogP contribution in [-0.4, -0.2) is 22.7 Å². The first kappa shape index (κ1) is 20.8. The lowest BCUT2D eigenvalue weighted by Gasteiger charge is -2.18. The largest absolute Gasteiger partial charge is 0.350 e. The van der Waals surface area contributed by atoms with Gasteiger partial charge < -0.3 is 5.32 Å². The summed E-state index contributed by atoms with van der Waals surface area (Å²) >= 11 is 7.52. The second-order valence-electron chi connectivity index (χ2n) is 6.92. The quantitative estimate of drug-likeness (QED) is 0.558. The summed E-state index contributed by atoms with van der Waals surface area (Å²) in [4.78, 5) is 43.0. The van der Waals surface area contributed by atoms with Crippen LogP contribution >= 0.6 is 22.9 Å². The highest BCUT2D eigenvalue weighted by molar-refractivity contribution is 7.13. The summed E-state index contributed by atoms with van der Waals surface area (Å²) in [5, 5.41) is 7.69. The summed E-state index contributed by atoms with van der Waals surface area (Å²) in [6.07, 6.45) is 1.60. The van der Waals surface area contributed by atoms with Gasteiger partial charge in [-0.05, 0) is 49.7 Å². The number of amides is 3. The second kappa shape index (κ2) is 8.33. The Morgan fingerprint density at radius 1 is 1.06 bits per heavy atom. The summed E-state index contributed by atoms with van der Waals surface area (Å²) in [5.74, 6) is -1.42. The molecule has 31 heavy (non-hydrogen) atoms. The maximum Gasteiger partial charge on any atom is 0.283 e. The first-order valence-electron chi connectivity index (χ1n) is 9.29. The van der Waals surface area contributed by atoms with Crippen LogP contribution in [0.2, 0.25) is 0 Å². The van der Waals surface area contributed by atoms with Crippen LogP contribution in [-0.2, 0) is 9.59 Å². The molecule has 7 nitrogen and oxygen atoms in total. The molecule has 0 radical (unpaired) electrons. The molecule has 0 spiro atoms. The van der Waals surface area contributed by atoms with E-state index < -0.39 is 11.8 Å². The standard InChI is InChI=1S/C22H17ClN4O3S/c1-12-3-8-16(13(2)11-12)27-20(29)17(23)18(21(27)30)25-15-6-4-14(5-7-15)19(28)26-22-24-9-10-31-22/h3-11,25H,1-2H3,(H,24,26,28). The van der Waals surface area contributed by atoms with Crippen molar-refractivity contribution in [3.8, 4) is 0 Å². The fraction of sp³-hybridized carbons (Fsp3) is 0.0909. The van der Waals surface area contributed by atoms with Gasteiger partial charge in [0.1, 0.15) is 10.7 Å². The van der Waals surface area contributed by atoms with Crippen molar-refractivity contribution in [2.24, 2.45) is 0 Å². The van der Waals surface area contributed by atoms with Crippen molar-refractivity contribution in [1.29, 1.82) is 0 Å². The number of thiazole rings is 1. The summed E-state index contributed by atoms with van der Waals surface area (Å²) in [6.45, 7) is 3.77. The minimum atomic E-state index is -0.583. The third kappa shape index (κ3) is 4.08. The molecule has 0 saturated heterocycles. The third-order valence-electron chi connectivity index (χ3n) is 4.69. The molecular weight excluding hydrogens is 436 g/mol. The van der Waals surface area contributed by atoms with Crippen molar-refractivity contribution in [2.45, 2.75) is 13.8 Å². The third-order valence-corrected chi connectivity index (χ3v) is 5.73. The van der Waals surface area contributed by atoms with Crippen molar-refractivity contribution in [3.63, 3.8) is 0 Å². The fourth-order valence-corrected chi connectivity index (χ4v) is 3.93. The van der Waals surface area contributed by atoms with E-state index in [0.29, 0.717) is 22.1 Å². The van der Waals surface area contributed by atoms with Crippen LogP contribution in [0.3, 0.4) is 0 Å². The molecule has 0 fully saturated rings. The average molecular weight is 453 g/mol. The van der Waals surface area contributed by atoms with Gasteiger partial charge in [0.25, 0.3) is 17.7 Å². The summed E-state index contributed by atoms with van der Waals surface area (Å²) in [5.41, 5.74) is 3.24. The SMILES string of the molecule is Cc1ccc(N2C(=O)C(Cl)=C(Nc3ccc(C(=O)Nc4nccs4)cc3)C2=O)c(C)c1. The first-order chi connectivity index (χ1) is 14.8. The number of nitrogens with zero attached hydrogens (tertiary/aromatic N) is 2. The zero-order valence-electron chi connectivity index (χ0n) is 16.6. The zero-order chi connectivity index (χ0) is 22.1. The minimum absolute atomic E-state index is 0.00775. The Morgan fingerprint density at radius 3 is 2.45 bits per heavy atom. The molecule has 2 aromatic carbocycles. The van der Waals surface area contributed by atoms with Gasteiger partial charge in [-0.25, -0.2) is 9.88 Å². The van der Waals surface area contributed by atoms with E-state index in [1.807, 2.05) is 26.0 Å². The average Bonchev–Trinajstić information content (AvgIpc) is 3.32. The smallest absolute Gasteiger partial charge is 0.283 e. The van der Waals surface area contributed by atoms with Crippen LogP contribution in [0.15, 0.2) is 64.8 Å². The molecule has 3 amide bonds. The Labute approximate surface area is 187 Å². The van der Waals surface area contributed by atoms with Gasteiger partial charge in [-0.2, -0.15) is 0 Å². The molecule has 1 aliphatic rings. The van der Waals surface area contributed by atoms with Gasteiger partial charge in [-0.15, -0.1) is 11.3 Å². The van der Waals surface area contributed by atoms with Crippen LogP contribution in [0.4, 0.5) is 16.5 Å². The number of hydrogen-bond acceptors (Lipinski definition) is 6. The Kier molecular flexibility index (Phi) is 5.58. The van der Waals surface area contributed by atoms with Crippen molar-refractivity contribution in [1.82, 2.24) is 4.98 Å². The number of aryl methyl sites for hydroxylation is 2. The number of aromatic nitrogens is 1. The number of imide groups is 1. The summed E-state index contributed by atoms with van der Waals surface area (Å²) in [7, 11) is 0. The van der Waals surface area contributed by atoms with Gasteiger partial charge in [-0.1, -0.05) is 29.3 Å². The molecule has 2 heterocycles. The van der Waals surface area contributed by atoms with Gasteiger partial charge in [0.05, 0.1) is 5.69 Å². The first-order valence-corrected chi connectivity index (χ1v) is 10.5. The fourth-order valence-electron chi connectivity index (χ4n) is 3.19. The number of hydrogen-bond donors (Lipinski definition) is 2. The minimum Gasteiger partial charge on any atom is -0.350 e. The molecule has 1 aromatic heterocycles. The van der Waals surface area contributed by atoms with Crippen molar-refractivity contribution in [2.75, 3.05) is 15.5 Å². The molecule has 1 aliphatic heterocycles. The van der Waals surface area contributed by atoms with Gasteiger partial charge >= 0.3 is 0 Å². The molecule has 3 aromatic rings. The summed E-state index contributed by atoms with van der Waals surface area (Å²) < 4.78 is 0. The van der Waals surface area contributed by atoms with E-state index >= 15 is 0 Å². The molecule has 0 atom stereocenters. The maximum absolute atomic E-state index is 13.0. The van der Waals surface area contributed by atoms with Crippen LogP contribution < -0.4 is 15.5 Å². The molecule has 0 aliphatic carbocycles. The van der Waals surface area contributed by atoms with Crippen LogP contribution in [0.1, 0.15) is 21.5 Å². The molecule has 156 valence electrons. The Hall–Kier alpha value is -3.49. The van der Waals surface area contributed by atoms with E-state index in [-0.39, 0.29) is 16.6 Å². The lowest BCUT2D eigenvalue weighted by Crippen LogP contribution is -2.32. The van der Waals surface area contributed by atoms with Crippen LogP contribution in [0.5, 0.6) is 0 Å². The number of nitrogens with one attached hydrogen (secondary N) is 2. The van der Waals surface area contributed by atoms with Gasteiger partial charge in [-0.3, -0.25) is 19.7 Å². The molecule has 0 bridgehead atoms. The van der Waals surface area contributed by atoms with Gasteiger partial charge in [0.15, 0.2) is 5.13 Å². The Bertz CT molecular complexity index is 1220. The van der Waals surface area contributed by atoms with E-state index in [9.17, 15) is 14.4 Å². The van der Waals surface area contributed by atoms with Crippen molar-refractivity contribution in [3.05, 3.63) is 81.5 Å². The number of carbonyl (C=O) groups is 3. The molecular formula is C22H17ClN4O3S. The van der Waals surface area contributed by atoms with E-state index in [1.165, 1.54) is 11.3 Å². The molecule has 2 N–H and O–H groups in total. The van der Waals surface area contributed by atoms with E-state index in [2.05, 4.69) is 15.6 Å². The number of anilines is 3. The van der Waals surface area contributed by atoms with E-state index in [4.69, 9.17) is 11.6 Å². The monoisotopic (exact) mass is 452 g/mol. The maximum atomic E-state index is 13.0. The Balaban J connectivity index is 1.51. The van der Waals surface area contributed by atoms with Gasteiger partial charge in [0, 0.05) is 22.8 Å². The predicted molar refractivity (Wildman–Crippen MR) is 121 cm³/mol. The summed E-state index contributed by atoms with van der Waals surface area (Å²) in [6, 6.07) is 11.9. The normalized spacial score (nSPS) is 13.7. The number of carbonyl (C=O) groups excluding carboxylic acids is 3. The number of halogens is 1. The molecule has 9 heteroatoms. The lowest BCUT2D eigenvalue weighted by atomic mass is 10.1.